The minimum atomic E-state index is -0.519. The first kappa shape index (κ1) is 6.86. The van der Waals surface area contributed by atoms with Gasteiger partial charge in [-0.3, -0.25) is 0 Å². The third-order valence-corrected chi connectivity index (χ3v) is 1.11. The molecule has 0 amide bonds. The maximum atomic E-state index is 12.1. The Hall–Kier alpha value is -1.25. The topological polar surface area (TPSA) is 30.0 Å². The zero-order valence-corrected chi connectivity index (χ0v) is 5.25. The molecule has 0 aliphatic rings. The third-order valence-electron chi connectivity index (χ3n) is 1.11. The van der Waals surface area contributed by atoms with Crippen LogP contribution >= 0.6 is 0 Å². The van der Waals surface area contributed by atoms with E-state index in [4.69, 9.17) is 0 Å². The van der Waals surface area contributed by atoms with E-state index in [-0.39, 0.29) is 0 Å². The van der Waals surface area contributed by atoms with Crippen molar-refractivity contribution in [2.75, 3.05) is 0 Å². The number of hydrogen-bond acceptors (Lipinski definition) is 2. The van der Waals surface area contributed by atoms with E-state index in [1.165, 1.54) is 18.3 Å². The van der Waals surface area contributed by atoms with Crippen LogP contribution in [-0.2, 0) is 11.2 Å². The zero-order valence-electron chi connectivity index (χ0n) is 5.25. The van der Waals surface area contributed by atoms with Crippen LogP contribution in [-0.4, -0.2) is 11.3 Å². The Morgan fingerprint density at radius 2 is 2.40 bits per heavy atom. The summed E-state index contributed by atoms with van der Waals surface area (Å²) in [5, 5.41) is 0. The van der Waals surface area contributed by atoms with Crippen LogP contribution in [0.5, 0.6) is 0 Å². The summed E-state index contributed by atoms with van der Waals surface area (Å²) in [6.45, 7) is 0. The molecule has 0 spiro atoms. The van der Waals surface area contributed by atoms with E-state index in [0.717, 1.165) is 11.8 Å². The summed E-state index contributed by atoms with van der Waals surface area (Å²) < 4.78 is 12.1. The van der Waals surface area contributed by atoms with E-state index in [0.29, 0.717) is 6.42 Å². The molecule has 0 unspecified atom stereocenters. The number of hydrogen-bond donors (Lipinski definition) is 0. The molecule has 0 atom stereocenters. The molecular weight excluding hydrogens is 133 g/mol. The maximum Gasteiger partial charge on any atom is 0.212 e. The highest BCUT2D eigenvalue weighted by atomic mass is 19.1. The first-order valence-corrected chi connectivity index (χ1v) is 2.87. The van der Waals surface area contributed by atoms with E-state index >= 15 is 0 Å². The average molecular weight is 139 g/mol. The molecule has 0 N–H and O–H groups in total. The van der Waals surface area contributed by atoms with E-state index in [1.807, 2.05) is 0 Å². The highest BCUT2D eigenvalue weighted by Gasteiger charge is 1.91. The number of nitrogens with zero attached hydrogens (tertiary/aromatic N) is 1. The van der Waals surface area contributed by atoms with E-state index in [2.05, 4.69) is 4.98 Å². The van der Waals surface area contributed by atoms with Crippen LogP contribution in [0, 0.1) is 5.95 Å². The van der Waals surface area contributed by atoms with Gasteiger partial charge in [-0.2, -0.15) is 4.39 Å². The monoisotopic (exact) mass is 139 g/mol. The van der Waals surface area contributed by atoms with Crippen molar-refractivity contribution in [2.24, 2.45) is 0 Å². The van der Waals surface area contributed by atoms with Gasteiger partial charge in [0.15, 0.2) is 0 Å². The largest absolute Gasteiger partial charge is 0.303 e. The number of aldehydes is 1. The zero-order chi connectivity index (χ0) is 7.40. The van der Waals surface area contributed by atoms with Gasteiger partial charge in [0.25, 0.3) is 0 Å². The van der Waals surface area contributed by atoms with Gasteiger partial charge in [0, 0.05) is 12.6 Å². The summed E-state index contributed by atoms with van der Waals surface area (Å²) in [6, 6.07) is 2.77. The average Bonchev–Trinajstić information content (AvgIpc) is 1.95. The van der Waals surface area contributed by atoms with Gasteiger partial charge < -0.3 is 4.79 Å². The lowest BCUT2D eigenvalue weighted by Gasteiger charge is -1.90. The maximum absolute atomic E-state index is 12.1. The second-order valence-electron chi connectivity index (χ2n) is 1.86. The molecule has 0 radical (unpaired) electrons. The van der Waals surface area contributed by atoms with Crippen molar-refractivity contribution in [3.8, 4) is 0 Å². The molecule has 2 nitrogen and oxygen atoms in total. The molecule has 0 aliphatic heterocycles. The molecule has 52 valence electrons. The number of halogens is 1. The molecule has 0 saturated heterocycles. The summed E-state index contributed by atoms with van der Waals surface area (Å²) in [4.78, 5) is 13.3. The Labute approximate surface area is 57.7 Å². The molecule has 1 aromatic heterocycles. The SMILES string of the molecule is O=CCc1ccc(F)nc1. The Morgan fingerprint density at radius 1 is 1.60 bits per heavy atom. The summed E-state index contributed by atoms with van der Waals surface area (Å²) in [6.07, 6.45) is 2.41. The van der Waals surface area contributed by atoms with Crippen LogP contribution in [0.25, 0.3) is 0 Å². The lowest BCUT2D eigenvalue weighted by atomic mass is 10.2. The molecule has 0 fully saturated rings. The number of carbonyl (C=O) groups excluding carboxylic acids is 1. The van der Waals surface area contributed by atoms with Gasteiger partial charge in [0.05, 0.1) is 0 Å². The fraction of sp³-hybridized carbons (Fsp3) is 0.143. The predicted octanol–water partition coefficient (Wildman–Crippen LogP) is 0.962. The lowest BCUT2D eigenvalue weighted by Crippen LogP contribution is -1.88. The molecule has 0 aromatic carbocycles. The molecule has 0 bridgehead atoms. The van der Waals surface area contributed by atoms with Gasteiger partial charge in [0.2, 0.25) is 5.95 Å². The standard InChI is InChI=1S/C7H6FNO/c8-7-2-1-6(3-4-10)5-9-7/h1-2,4-5H,3H2. The normalized spacial score (nSPS) is 9.30. The van der Waals surface area contributed by atoms with E-state index in [9.17, 15) is 9.18 Å². The van der Waals surface area contributed by atoms with Crippen molar-refractivity contribution in [2.45, 2.75) is 6.42 Å². The van der Waals surface area contributed by atoms with Crippen LogP contribution in [0.3, 0.4) is 0 Å². The highest BCUT2D eigenvalue weighted by molar-refractivity contribution is 5.54. The van der Waals surface area contributed by atoms with Crippen molar-refractivity contribution in [1.29, 1.82) is 0 Å². The van der Waals surface area contributed by atoms with E-state index < -0.39 is 5.95 Å². The Morgan fingerprint density at radius 3 is 2.90 bits per heavy atom. The molecule has 10 heavy (non-hydrogen) atoms. The van der Waals surface area contributed by atoms with Crippen LogP contribution < -0.4 is 0 Å². The molecule has 3 heteroatoms. The molecule has 0 saturated carbocycles. The van der Waals surface area contributed by atoms with Gasteiger partial charge >= 0.3 is 0 Å². The Bertz CT molecular complexity index is 220. The number of pyridine rings is 1. The van der Waals surface area contributed by atoms with Gasteiger partial charge in [-0.05, 0) is 11.6 Å². The van der Waals surface area contributed by atoms with E-state index in [1.54, 1.807) is 0 Å². The number of rotatable bonds is 2. The van der Waals surface area contributed by atoms with Gasteiger partial charge in [-0.1, -0.05) is 6.07 Å². The van der Waals surface area contributed by atoms with Gasteiger partial charge in [-0.15, -0.1) is 0 Å². The van der Waals surface area contributed by atoms with Crippen LogP contribution in [0.1, 0.15) is 5.56 Å². The molecule has 1 rings (SSSR count). The van der Waals surface area contributed by atoms with Crippen molar-refractivity contribution < 1.29 is 9.18 Å². The summed E-state index contributed by atoms with van der Waals surface area (Å²) >= 11 is 0. The van der Waals surface area contributed by atoms with Crippen molar-refractivity contribution >= 4 is 6.29 Å². The fourth-order valence-electron chi connectivity index (χ4n) is 0.623. The van der Waals surface area contributed by atoms with Crippen molar-refractivity contribution in [1.82, 2.24) is 4.98 Å². The lowest BCUT2D eigenvalue weighted by molar-refractivity contribution is -0.107. The molecule has 0 aliphatic carbocycles. The van der Waals surface area contributed by atoms with Gasteiger partial charge in [0.1, 0.15) is 6.29 Å². The predicted molar refractivity (Wildman–Crippen MR) is 34.0 cm³/mol. The first-order valence-electron chi connectivity index (χ1n) is 2.87. The smallest absolute Gasteiger partial charge is 0.212 e. The minimum absolute atomic E-state index is 0.299. The first-order chi connectivity index (χ1) is 4.83. The summed E-state index contributed by atoms with van der Waals surface area (Å²) in [7, 11) is 0. The Kier molecular flexibility index (Phi) is 2.10. The van der Waals surface area contributed by atoms with Crippen LogP contribution in [0.2, 0.25) is 0 Å². The Balaban J connectivity index is 2.78. The van der Waals surface area contributed by atoms with Crippen molar-refractivity contribution in [3.05, 3.63) is 29.8 Å². The summed E-state index contributed by atoms with van der Waals surface area (Å²) in [5.41, 5.74) is 0.733. The quantitative estimate of drug-likeness (QED) is 0.451. The number of carbonyl (C=O) groups is 1. The number of aromatic nitrogens is 1. The molecular formula is C7H6FNO. The fourth-order valence-corrected chi connectivity index (χ4v) is 0.623. The third kappa shape index (κ3) is 1.62. The molecule has 1 heterocycles. The van der Waals surface area contributed by atoms with Crippen LogP contribution in [0.4, 0.5) is 4.39 Å². The second kappa shape index (κ2) is 3.06. The van der Waals surface area contributed by atoms with Crippen LogP contribution in [0.15, 0.2) is 18.3 Å². The second-order valence-corrected chi connectivity index (χ2v) is 1.86. The highest BCUT2D eigenvalue weighted by Crippen LogP contribution is 1.97. The van der Waals surface area contributed by atoms with Gasteiger partial charge in [-0.25, -0.2) is 4.98 Å². The summed E-state index contributed by atoms with van der Waals surface area (Å²) in [5.74, 6) is -0.519. The minimum Gasteiger partial charge on any atom is -0.303 e. The molecule has 1 aromatic rings. The van der Waals surface area contributed by atoms with Crippen molar-refractivity contribution in [3.63, 3.8) is 0 Å².